The second-order valence-corrected chi connectivity index (χ2v) is 3.61. The van der Waals surface area contributed by atoms with E-state index in [1.165, 1.54) is 6.92 Å². The molecule has 80 valence electrons. The molecule has 1 rings (SSSR count). The number of pyridine rings is 1. The monoisotopic (exact) mass is 205 g/mol. The van der Waals surface area contributed by atoms with Gasteiger partial charge < -0.3 is 4.74 Å². The van der Waals surface area contributed by atoms with E-state index in [9.17, 15) is 4.79 Å². The molecule has 3 heteroatoms. The summed E-state index contributed by atoms with van der Waals surface area (Å²) >= 11 is 0. The van der Waals surface area contributed by atoms with Crippen LogP contribution in [0.3, 0.4) is 0 Å². The van der Waals surface area contributed by atoms with Crippen molar-refractivity contribution in [1.82, 2.24) is 4.98 Å². The molecular weight excluding hydrogens is 190 g/mol. The number of carbonyl (C=O) groups is 1. The van der Waals surface area contributed by atoms with Crippen molar-refractivity contribution in [3.8, 4) is 5.75 Å². The van der Waals surface area contributed by atoms with Crippen molar-refractivity contribution in [2.24, 2.45) is 0 Å². The van der Waals surface area contributed by atoms with Crippen molar-refractivity contribution in [2.75, 3.05) is 6.61 Å². The van der Waals surface area contributed by atoms with Gasteiger partial charge in [-0.15, -0.1) is 0 Å². The van der Waals surface area contributed by atoms with Gasteiger partial charge in [0.2, 0.25) is 0 Å². The molecule has 1 aromatic rings. The number of carbonyl (C=O) groups excluding carboxylic acids is 1. The predicted molar refractivity (Wildman–Crippen MR) is 59.9 cm³/mol. The van der Waals surface area contributed by atoms with Gasteiger partial charge in [0.05, 0.1) is 11.9 Å². The second kappa shape index (κ2) is 4.73. The zero-order valence-electron chi connectivity index (χ0n) is 9.33. The first-order chi connectivity index (χ1) is 7.00. The fourth-order valence-electron chi connectivity index (χ4n) is 1.26. The summed E-state index contributed by atoms with van der Waals surface area (Å²) in [4.78, 5) is 14.9. The van der Waals surface area contributed by atoms with Crippen LogP contribution in [0.1, 0.15) is 25.1 Å². The third-order valence-corrected chi connectivity index (χ3v) is 1.90. The molecule has 0 bridgehead atoms. The summed E-state index contributed by atoms with van der Waals surface area (Å²) in [5.41, 5.74) is 2.80. The van der Waals surface area contributed by atoms with E-state index in [0.717, 1.165) is 16.8 Å². The molecule has 0 amide bonds. The van der Waals surface area contributed by atoms with Crippen LogP contribution in [0.15, 0.2) is 18.8 Å². The molecule has 1 heterocycles. The Balaban J connectivity index is 2.82. The van der Waals surface area contributed by atoms with E-state index in [4.69, 9.17) is 4.74 Å². The normalized spacial score (nSPS) is 9.80. The maximum atomic E-state index is 10.7. The third-order valence-electron chi connectivity index (χ3n) is 1.90. The molecule has 0 aromatic carbocycles. The molecule has 3 nitrogen and oxygen atoms in total. The van der Waals surface area contributed by atoms with Crippen molar-refractivity contribution < 1.29 is 9.53 Å². The van der Waals surface area contributed by atoms with Crippen LogP contribution in [0.4, 0.5) is 0 Å². The highest BCUT2D eigenvalue weighted by molar-refractivity contribution is 5.77. The predicted octanol–water partition coefficient (Wildman–Crippen LogP) is 2.39. The summed E-state index contributed by atoms with van der Waals surface area (Å²) in [6.45, 7) is 9.26. The summed E-state index contributed by atoms with van der Waals surface area (Å²) in [5.74, 6) is 0.615. The SMILES string of the molecule is C=C(C)c1ncc(OCC(C)=O)cc1C. The van der Waals surface area contributed by atoms with E-state index in [2.05, 4.69) is 11.6 Å². The molecule has 0 atom stereocenters. The number of hydrogen-bond donors (Lipinski definition) is 0. The Morgan fingerprint density at radius 2 is 2.20 bits per heavy atom. The fourth-order valence-corrected chi connectivity index (χ4v) is 1.26. The first-order valence-electron chi connectivity index (χ1n) is 4.75. The van der Waals surface area contributed by atoms with Gasteiger partial charge in [0.15, 0.2) is 5.78 Å². The molecule has 0 aliphatic carbocycles. The molecule has 0 aliphatic rings. The Morgan fingerprint density at radius 3 is 2.67 bits per heavy atom. The number of rotatable bonds is 4. The quantitative estimate of drug-likeness (QED) is 0.757. The van der Waals surface area contributed by atoms with Crippen molar-refractivity contribution in [3.63, 3.8) is 0 Å². The number of ether oxygens (including phenoxy) is 1. The van der Waals surface area contributed by atoms with Gasteiger partial charge >= 0.3 is 0 Å². The van der Waals surface area contributed by atoms with E-state index in [0.29, 0.717) is 5.75 Å². The van der Waals surface area contributed by atoms with Crippen LogP contribution < -0.4 is 4.74 Å². The van der Waals surface area contributed by atoms with Gasteiger partial charge in [0, 0.05) is 0 Å². The number of aromatic nitrogens is 1. The number of hydrogen-bond acceptors (Lipinski definition) is 3. The highest BCUT2D eigenvalue weighted by Gasteiger charge is 2.03. The van der Waals surface area contributed by atoms with Gasteiger partial charge in [-0.05, 0) is 38.0 Å². The molecular formula is C12H15NO2. The fraction of sp³-hybridized carbons (Fsp3) is 0.333. The molecule has 15 heavy (non-hydrogen) atoms. The zero-order chi connectivity index (χ0) is 11.4. The Labute approximate surface area is 89.8 Å². The lowest BCUT2D eigenvalue weighted by molar-refractivity contribution is -0.118. The minimum absolute atomic E-state index is 0.00312. The van der Waals surface area contributed by atoms with Crippen molar-refractivity contribution in [1.29, 1.82) is 0 Å². The number of aryl methyl sites for hydroxylation is 1. The molecule has 0 fully saturated rings. The minimum Gasteiger partial charge on any atom is -0.484 e. The molecule has 0 aliphatic heterocycles. The highest BCUT2D eigenvalue weighted by Crippen LogP contribution is 2.18. The van der Waals surface area contributed by atoms with Crippen molar-refractivity contribution in [2.45, 2.75) is 20.8 Å². The number of ketones is 1. The lowest BCUT2D eigenvalue weighted by Crippen LogP contribution is -2.07. The summed E-state index contributed by atoms with van der Waals surface area (Å²) in [7, 11) is 0. The summed E-state index contributed by atoms with van der Waals surface area (Å²) < 4.78 is 5.24. The standard InChI is InChI=1S/C12H15NO2/c1-8(2)12-9(3)5-11(6-13-12)15-7-10(4)14/h5-6H,1,7H2,2-4H3. The van der Waals surface area contributed by atoms with Gasteiger partial charge in [-0.25, -0.2) is 0 Å². The van der Waals surface area contributed by atoms with Gasteiger partial charge in [0.25, 0.3) is 0 Å². The minimum atomic E-state index is -0.00312. The van der Waals surface area contributed by atoms with Crippen LogP contribution in [0.5, 0.6) is 5.75 Å². The summed E-state index contributed by atoms with van der Waals surface area (Å²) in [5, 5.41) is 0. The average molecular weight is 205 g/mol. The van der Waals surface area contributed by atoms with E-state index in [1.807, 2.05) is 19.9 Å². The summed E-state index contributed by atoms with van der Waals surface area (Å²) in [6, 6.07) is 1.86. The van der Waals surface area contributed by atoms with Gasteiger partial charge in [-0.2, -0.15) is 0 Å². The maximum absolute atomic E-state index is 10.7. The van der Waals surface area contributed by atoms with Gasteiger partial charge in [-0.1, -0.05) is 6.58 Å². The molecule has 0 saturated heterocycles. The Bertz CT molecular complexity index is 397. The molecule has 0 radical (unpaired) electrons. The van der Waals surface area contributed by atoms with Gasteiger partial charge in [-0.3, -0.25) is 9.78 Å². The third kappa shape index (κ3) is 3.20. The smallest absolute Gasteiger partial charge is 0.167 e. The van der Waals surface area contributed by atoms with Gasteiger partial charge in [0.1, 0.15) is 12.4 Å². The lowest BCUT2D eigenvalue weighted by atomic mass is 10.1. The molecule has 0 spiro atoms. The maximum Gasteiger partial charge on any atom is 0.167 e. The number of nitrogens with zero attached hydrogens (tertiary/aromatic N) is 1. The van der Waals surface area contributed by atoms with E-state index in [-0.39, 0.29) is 12.4 Å². The number of Topliss-reactive ketones (excluding diaryl/α,β-unsaturated/α-hetero) is 1. The molecule has 0 unspecified atom stereocenters. The molecule has 0 saturated carbocycles. The van der Waals surface area contributed by atoms with E-state index in [1.54, 1.807) is 6.20 Å². The highest BCUT2D eigenvalue weighted by atomic mass is 16.5. The molecule has 1 aromatic heterocycles. The van der Waals surface area contributed by atoms with Crippen molar-refractivity contribution in [3.05, 3.63) is 30.1 Å². The zero-order valence-corrected chi connectivity index (χ0v) is 9.33. The topological polar surface area (TPSA) is 39.2 Å². The van der Waals surface area contributed by atoms with Crippen LogP contribution >= 0.6 is 0 Å². The van der Waals surface area contributed by atoms with Crippen LogP contribution in [0.2, 0.25) is 0 Å². The lowest BCUT2D eigenvalue weighted by Gasteiger charge is -2.07. The Hall–Kier alpha value is -1.64. The Kier molecular flexibility index (Phi) is 3.61. The average Bonchev–Trinajstić information content (AvgIpc) is 2.14. The molecule has 0 N–H and O–H groups in total. The Morgan fingerprint density at radius 1 is 1.53 bits per heavy atom. The van der Waals surface area contributed by atoms with Crippen LogP contribution in [-0.4, -0.2) is 17.4 Å². The number of allylic oxidation sites excluding steroid dienone is 1. The van der Waals surface area contributed by atoms with Crippen LogP contribution in [-0.2, 0) is 4.79 Å². The second-order valence-electron chi connectivity index (χ2n) is 3.61. The van der Waals surface area contributed by atoms with Crippen molar-refractivity contribution >= 4 is 11.4 Å². The largest absolute Gasteiger partial charge is 0.484 e. The first kappa shape index (κ1) is 11.4. The summed E-state index contributed by atoms with van der Waals surface area (Å²) in [6.07, 6.45) is 1.61. The van der Waals surface area contributed by atoms with E-state index >= 15 is 0 Å². The first-order valence-corrected chi connectivity index (χ1v) is 4.75. The van der Waals surface area contributed by atoms with Crippen LogP contribution in [0.25, 0.3) is 5.57 Å². The van der Waals surface area contributed by atoms with E-state index < -0.39 is 0 Å². The van der Waals surface area contributed by atoms with Crippen LogP contribution in [0, 0.1) is 6.92 Å².